The fourth-order valence-corrected chi connectivity index (χ4v) is 1.61. The second-order valence-corrected chi connectivity index (χ2v) is 3.79. The lowest BCUT2D eigenvalue weighted by Gasteiger charge is -2.04. The van der Waals surface area contributed by atoms with E-state index in [1.807, 2.05) is 33.0 Å². The van der Waals surface area contributed by atoms with Crippen LogP contribution in [0.15, 0.2) is 22.8 Å². The molecule has 0 amide bonds. The number of hydrogen-bond acceptors (Lipinski definition) is 4. The number of aromatic nitrogens is 2. The average Bonchev–Trinajstić information content (AvgIpc) is 2.64. The summed E-state index contributed by atoms with van der Waals surface area (Å²) in [6.45, 7) is 4.68. The second-order valence-electron chi connectivity index (χ2n) is 3.79. The Morgan fingerprint density at radius 2 is 2.12 bits per heavy atom. The molecule has 0 aliphatic carbocycles. The SMILES string of the molecule is CNCc1cc(C)nc(-c2occc2C)n1. The molecule has 1 N–H and O–H groups in total. The highest BCUT2D eigenvalue weighted by Gasteiger charge is 2.10. The zero-order valence-corrected chi connectivity index (χ0v) is 9.74. The first-order chi connectivity index (χ1) is 7.70. The van der Waals surface area contributed by atoms with E-state index in [4.69, 9.17) is 4.42 Å². The summed E-state index contributed by atoms with van der Waals surface area (Å²) in [5, 5.41) is 3.08. The lowest BCUT2D eigenvalue weighted by Crippen LogP contribution is -2.08. The van der Waals surface area contributed by atoms with Crippen molar-refractivity contribution in [3.63, 3.8) is 0 Å². The van der Waals surface area contributed by atoms with E-state index in [1.165, 1.54) is 0 Å². The molecular formula is C12H15N3O. The topological polar surface area (TPSA) is 51.0 Å². The minimum Gasteiger partial charge on any atom is -0.461 e. The highest BCUT2D eigenvalue weighted by atomic mass is 16.3. The third kappa shape index (κ3) is 2.12. The predicted octanol–water partition coefficient (Wildman–Crippen LogP) is 2.07. The maximum atomic E-state index is 5.39. The van der Waals surface area contributed by atoms with Crippen LogP contribution in [0.5, 0.6) is 0 Å². The van der Waals surface area contributed by atoms with Gasteiger partial charge in [-0.15, -0.1) is 0 Å². The van der Waals surface area contributed by atoms with Crippen molar-refractivity contribution in [2.24, 2.45) is 0 Å². The van der Waals surface area contributed by atoms with E-state index >= 15 is 0 Å². The molecule has 0 saturated carbocycles. The van der Waals surface area contributed by atoms with Crippen molar-refractivity contribution in [3.05, 3.63) is 35.3 Å². The van der Waals surface area contributed by atoms with Crippen LogP contribution < -0.4 is 5.32 Å². The first-order valence-corrected chi connectivity index (χ1v) is 5.24. The van der Waals surface area contributed by atoms with Crippen molar-refractivity contribution in [2.45, 2.75) is 20.4 Å². The number of nitrogens with one attached hydrogen (secondary N) is 1. The van der Waals surface area contributed by atoms with Crippen LogP contribution in [-0.4, -0.2) is 17.0 Å². The summed E-state index contributed by atoms with van der Waals surface area (Å²) >= 11 is 0. The van der Waals surface area contributed by atoms with Crippen molar-refractivity contribution < 1.29 is 4.42 Å². The van der Waals surface area contributed by atoms with E-state index in [-0.39, 0.29) is 0 Å². The maximum absolute atomic E-state index is 5.39. The minimum atomic E-state index is 0.660. The van der Waals surface area contributed by atoms with Crippen LogP contribution in [-0.2, 0) is 6.54 Å². The van der Waals surface area contributed by atoms with Gasteiger partial charge in [0.05, 0.1) is 12.0 Å². The zero-order chi connectivity index (χ0) is 11.5. The molecule has 4 nitrogen and oxygen atoms in total. The number of furan rings is 1. The van der Waals surface area contributed by atoms with Gasteiger partial charge in [-0.05, 0) is 38.6 Å². The number of rotatable bonds is 3. The molecule has 0 bridgehead atoms. The van der Waals surface area contributed by atoms with E-state index in [0.717, 1.165) is 29.3 Å². The molecule has 2 heterocycles. The molecule has 2 rings (SSSR count). The van der Waals surface area contributed by atoms with Crippen LogP contribution in [0.1, 0.15) is 17.0 Å². The van der Waals surface area contributed by atoms with Crippen LogP contribution >= 0.6 is 0 Å². The number of aryl methyl sites for hydroxylation is 2. The quantitative estimate of drug-likeness (QED) is 0.855. The second kappa shape index (κ2) is 4.45. The highest BCUT2D eigenvalue weighted by molar-refractivity contribution is 5.52. The largest absolute Gasteiger partial charge is 0.461 e. The molecule has 0 spiro atoms. The fraction of sp³-hybridized carbons (Fsp3) is 0.333. The molecule has 2 aromatic rings. The molecule has 0 fully saturated rings. The van der Waals surface area contributed by atoms with Crippen molar-refractivity contribution in [1.29, 1.82) is 0 Å². The molecule has 0 aliphatic heterocycles. The van der Waals surface area contributed by atoms with Gasteiger partial charge in [-0.25, -0.2) is 9.97 Å². The monoisotopic (exact) mass is 217 g/mol. The molecule has 0 atom stereocenters. The van der Waals surface area contributed by atoms with E-state index in [0.29, 0.717) is 5.82 Å². The van der Waals surface area contributed by atoms with Gasteiger partial charge >= 0.3 is 0 Å². The Balaban J connectivity index is 2.45. The van der Waals surface area contributed by atoms with Gasteiger partial charge < -0.3 is 9.73 Å². The summed E-state index contributed by atoms with van der Waals surface area (Å²) in [6, 6.07) is 3.89. The van der Waals surface area contributed by atoms with Crippen molar-refractivity contribution in [2.75, 3.05) is 7.05 Å². The highest BCUT2D eigenvalue weighted by Crippen LogP contribution is 2.21. The molecule has 0 aromatic carbocycles. The van der Waals surface area contributed by atoms with Gasteiger partial charge in [0.25, 0.3) is 0 Å². The Kier molecular flexibility index (Phi) is 3.01. The Morgan fingerprint density at radius 3 is 2.75 bits per heavy atom. The third-order valence-corrected chi connectivity index (χ3v) is 2.33. The predicted molar refractivity (Wildman–Crippen MR) is 62.0 cm³/mol. The van der Waals surface area contributed by atoms with Crippen LogP contribution in [0, 0.1) is 13.8 Å². The molecule has 2 aromatic heterocycles. The molecule has 16 heavy (non-hydrogen) atoms. The number of hydrogen-bond donors (Lipinski definition) is 1. The van der Waals surface area contributed by atoms with E-state index in [9.17, 15) is 0 Å². The lowest BCUT2D eigenvalue weighted by molar-refractivity contribution is 0.574. The van der Waals surface area contributed by atoms with Crippen molar-refractivity contribution >= 4 is 0 Å². The maximum Gasteiger partial charge on any atom is 0.196 e. The van der Waals surface area contributed by atoms with Crippen LogP contribution in [0.25, 0.3) is 11.6 Å². The van der Waals surface area contributed by atoms with Crippen LogP contribution in [0.2, 0.25) is 0 Å². The zero-order valence-electron chi connectivity index (χ0n) is 9.74. The summed E-state index contributed by atoms with van der Waals surface area (Å²) in [7, 11) is 1.90. The Hall–Kier alpha value is -1.68. The fourth-order valence-electron chi connectivity index (χ4n) is 1.61. The Labute approximate surface area is 94.7 Å². The number of nitrogens with zero attached hydrogens (tertiary/aromatic N) is 2. The standard InChI is InChI=1S/C12H15N3O/c1-8-4-5-16-11(8)12-14-9(2)6-10(15-12)7-13-3/h4-6,13H,7H2,1-3H3. The van der Waals surface area contributed by atoms with E-state index in [1.54, 1.807) is 6.26 Å². The normalized spacial score (nSPS) is 10.7. The van der Waals surface area contributed by atoms with Gasteiger partial charge in [-0.2, -0.15) is 0 Å². The van der Waals surface area contributed by atoms with Crippen molar-refractivity contribution in [1.82, 2.24) is 15.3 Å². The Bertz CT molecular complexity index is 491. The molecular weight excluding hydrogens is 202 g/mol. The summed E-state index contributed by atoms with van der Waals surface area (Å²) in [6.07, 6.45) is 1.66. The average molecular weight is 217 g/mol. The summed E-state index contributed by atoms with van der Waals surface area (Å²) in [4.78, 5) is 8.85. The first-order valence-electron chi connectivity index (χ1n) is 5.24. The summed E-state index contributed by atoms with van der Waals surface area (Å²) < 4.78 is 5.39. The van der Waals surface area contributed by atoms with Crippen LogP contribution in [0.4, 0.5) is 0 Å². The molecule has 0 radical (unpaired) electrons. The van der Waals surface area contributed by atoms with Gasteiger partial charge in [0.15, 0.2) is 11.6 Å². The summed E-state index contributed by atoms with van der Waals surface area (Å²) in [5.74, 6) is 1.41. The summed E-state index contributed by atoms with van der Waals surface area (Å²) in [5.41, 5.74) is 2.98. The smallest absolute Gasteiger partial charge is 0.196 e. The molecule has 4 heteroatoms. The molecule has 0 unspecified atom stereocenters. The van der Waals surface area contributed by atoms with E-state index in [2.05, 4.69) is 15.3 Å². The van der Waals surface area contributed by atoms with Gasteiger partial charge in [0.1, 0.15) is 0 Å². The van der Waals surface area contributed by atoms with Gasteiger partial charge in [0, 0.05) is 12.2 Å². The first kappa shape index (κ1) is 10.8. The van der Waals surface area contributed by atoms with Gasteiger partial charge in [0.2, 0.25) is 0 Å². The Morgan fingerprint density at radius 1 is 1.31 bits per heavy atom. The van der Waals surface area contributed by atoms with Gasteiger partial charge in [-0.3, -0.25) is 0 Å². The molecule has 84 valence electrons. The third-order valence-electron chi connectivity index (χ3n) is 2.33. The van der Waals surface area contributed by atoms with Gasteiger partial charge in [-0.1, -0.05) is 0 Å². The van der Waals surface area contributed by atoms with Crippen LogP contribution in [0.3, 0.4) is 0 Å². The molecule has 0 aliphatic rings. The van der Waals surface area contributed by atoms with E-state index < -0.39 is 0 Å². The molecule has 0 saturated heterocycles. The lowest BCUT2D eigenvalue weighted by atomic mass is 10.2. The van der Waals surface area contributed by atoms with Crippen molar-refractivity contribution in [3.8, 4) is 11.6 Å². The minimum absolute atomic E-state index is 0.660.